The minimum absolute atomic E-state index is 0.358. The molecule has 1 heterocycles. The molecule has 1 fully saturated rings. The van der Waals surface area contributed by atoms with Crippen molar-refractivity contribution in [3.63, 3.8) is 0 Å². The van der Waals surface area contributed by atoms with E-state index in [9.17, 15) is 14.4 Å². The van der Waals surface area contributed by atoms with Crippen LogP contribution < -0.4 is 15.4 Å². The number of rotatable bonds is 5. The maximum Gasteiger partial charge on any atom is 0.325 e. The van der Waals surface area contributed by atoms with Gasteiger partial charge in [0.15, 0.2) is 0 Å². The molecule has 1 aliphatic rings. The van der Waals surface area contributed by atoms with Crippen LogP contribution >= 0.6 is 0 Å². The second-order valence-corrected chi connectivity index (χ2v) is 7.05. The predicted molar refractivity (Wildman–Crippen MR) is 105 cm³/mol. The maximum absolute atomic E-state index is 13.0. The number of ether oxygens (including phenoxy) is 1. The fraction of sp³-hybridized carbons (Fsp3) is 0.286. The summed E-state index contributed by atoms with van der Waals surface area (Å²) in [6.45, 7) is 5.05. The second-order valence-electron chi connectivity index (χ2n) is 7.05. The maximum atomic E-state index is 13.0. The van der Waals surface area contributed by atoms with Gasteiger partial charge in [0, 0.05) is 5.69 Å². The van der Waals surface area contributed by atoms with Crippen LogP contribution in [0.2, 0.25) is 0 Å². The van der Waals surface area contributed by atoms with E-state index >= 15 is 0 Å². The zero-order valence-corrected chi connectivity index (χ0v) is 16.3. The molecule has 2 aromatic rings. The smallest absolute Gasteiger partial charge is 0.325 e. The number of benzene rings is 2. The molecule has 1 aliphatic heterocycles. The molecule has 2 N–H and O–H groups in total. The summed E-state index contributed by atoms with van der Waals surface area (Å²) in [5.74, 6) is -0.218. The van der Waals surface area contributed by atoms with Crippen LogP contribution in [-0.4, -0.2) is 36.4 Å². The van der Waals surface area contributed by atoms with Crippen LogP contribution in [0, 0.1) is 13.8 Å². The number of methoxy groups -OCH3 is 1. The average molecular weight is 381 g/mol. The topological polar surface area (TPSA) is 87.7 Å². The lowest BCUT2D eigenvalue weighted by atomic mass is 9.90. The lowest BCUT2D eigenvalue weighted by molar-refractivity contribution is -0.133. The summed E-state index contributed by atoms with van der Waals surface area (Å²) in [7, 11) is 1.57. The van der Waals surface area contributed by atoms with Crippen molar-refractivity contribution in [2.24, 2.45) is 0 Å². The number of carbonyl (C=O) groups excluding carboxylic acids is 3. The van der Waals surface area contributed by atoms with E-state index in [1.807, 2.05) is 32.0 Å². The first-order valence-electron chi connectivity index (χ1n) is 8.90. The molecule has 0 saturated carbocycles. The lowest BCUT2D eigenvalue weighted by Crippen LogP contribution is -2.42. The minimum atomic E-state index is -1.24. The summed E-state index contributed by atoms with van der Waals surface area (Å²) in [4.78, 5) is 38.7. The predicted octanol–water partition coefficient (Wildman–Crippen LogP) is 2.72. The number of hydrogen-bond acceptors (Lipinski definition) is 4. The molecule has 28 heavy (non-hydrogen) atoms. The number of aryl methyl sites for hydroxylation is 2. The Bertz CT molecular complexity index is 956. The van der Waals surface area contributed by atoms with Crippen LogP contribution in [0.4, 0.5) is 10.5 Å². The molecule has 2 aromatic carbocycles. The van der Waals surface area contributed by atoms with E-state index in [1.165, 1.54) is 0 Å². The van der Waals surface area contributed by atoms with E-state index in [1.54, 1.807) is 38.3 Å². The van der Waals surface area contributed by atoms with Gasteiger partial charge in [-0.05, 0) is 61.7 Å². The molecule has 4 amide bonds. The highest BCUT2D eigenvalue weighted by Gasteiger charge is 2.49. The van der Waals surface area contributed by atoms with Gasteiger partial charge in [0.2, 0.25) is 5.91 Å². The minimum Gasteiger partial charge on any atom is -0.496 e. The van der Waals surface area contributed by atoms with Crippen LogP contribution in [0.1, 0.15) is 23.6 Å². The summed E-state index contributed by atoms with van der Waals surface area (Å²) < 4.78 is 5.25. The summed E-state index contributed by atoms with van der Waals surface area (Å²) in [5, 5.41) is 5.42. The van der Waals surface area contributed by atoms with Crippen LogP contribution in [-0.2, 0) is 15.1 Å². The van der Waals surface area contributed by atoms with Gasteiger partial charge >= 0.3 is 6.03 Å². The zero-order chi connectivity index (χ0) is 20.5. The number of nitrogens with one attached hydrogen (secondary N) is 2. The zero-order valence-electron chi connectivity index (χ0n) is 16.3. The molecule has 1 saturated heterocycles. The number of amides is 4. The number of hydrogen-bond donors (Lipinski definition) is 2. The summed E-state index contributed by atoms with van der Waals surface area (Å²) in [5.41, 5.74) is 1.85. The van der Waals surface area contributed by atoms with E-state index in [0.717, 1.165) is 16.0 Å². The van der Waals surface area contributed by atoms with E-state index in [0.29, 0.717) is 17.0 Å². The van der Waals surface area contributed by atoms with E-state index in [-0.39, 0.29) is 6.54 Å². The fourth-order valence-corrected chi connectivity index (χ4v) is 3.29. The van der Waals surface area contributed by atoms with Gasteiger partial charge in [-0.25, -0.2) is 4.79 Å². The van der Waals surface area contributed by atoms with Gasteiger partial charge in [-0.2, -0.15) is 0 Å². The number of urea groups is 1. The second kappa shape index (κ2) is 7.34. The Kier molecular flexibility index (Phi) is 5.09. The van der Waals surface area contributed by atoms with Crippen molar-refractivity contribution in [1.29, 1.82) is 0 Å². The largest absolute Gasteiger partial charge is 0.496 e. The quantitative estimate of drug-likeness (QED) is 0.780. The van der Waals surface area contributed by atoms with Crippen molar-refractivity contribution in [1.82, 2.24) is 10.2 Å². The Labute approximate surface area is 163 Å². The molecule has 0 aromatic heterocycles. The van der Waals surface area contributed by atoms with Crippen LogP contribution in [0.15, 0.2) is 42.5 Å². The Morgan fingerprint density at radius 2 is 1.93 bits per heavy atom. The van der Waals surface area contributed by atoms with Crippen molar-refractivity contribution < 1.29 is 19.1 Å². The number of imide groups is 1. The molecule has 0 spiro atoms. The molecule has 0 aliphatic carbocycles. The standard InChI is InChI=1S/C21H23N3O4/c1-13-6-5-7-16(10-13)22-18(25)12-24-19(26)21(3,23-20(24)27)15-8-9-17(28-4)14(2)11-15/h5-11H,12H2,1-4H3,(H,22,25)(H,23,27). The summed E-state index contributed by atoms with van der Waals surface area (Å²) >= 11 is 0. The Morgan fingerprint density at radius 3 is 2.57 bits per heavy atom. The molecule has 0 bridgehead atoms. The molecule has 7 nitrogen and oxygen atoms in total. The van der Waals surface area contributed by atoms with Crippen LogP contribution in [0.25, 0.3) is 0 Å². The van der Waals surface area contributed by atoms with Gasteiger partial charge in [-0.15, -0.1) is 0 Å². The monoisotopic (exact) mass is 381 g/mol. The van der Waals surface area contributed by atoms with Crippen LogP contribution in [0.3, 0.4) is 0 Å². The van der Waals surface area contributed by atoms with Crippen molar-refractivity contribution in [2.45, 2.75) is 26.3 Å². The number of nitrogens with zero attached hydrogens (tertiary/aromatic N) is 1. The van der Waals surface area contributed by atoms with Crippen molar-refractivity contribution in [3.05, 3.63) is 59.2 Å². The van der Waals surface area contributed by atoms with Gasteiger partial charge in [0.25, 0.3) is 5.91 Å². The normalized spacial score (nSPS) is 18.8. The highest BCUT2D eigenvalue weighted by molar-refractivity contribution is 6.10. The average Bonchev–Trinajstić information content (AvgIpc) is 2.85. The molecule has 7 heteroatoms. The first-order chi connectivity index (χ1) is 13.2. The van der Waals surface area contributed by atoms with E-state index in [2.05, 4.69) is 10.6 Å². The van der Waals surface area contributed by atoms with Gasteiger partial charge in [-0.1, -0.05) is 18.2 Å². The molecular formula is C21H23N3O4. The van der Waals surface area contributed by atoms with E-state index in [4.69, 9.17) is 4.74 Å². The molecule has 1 unspecified atom stereocenters. The lowest BCUT2D eigenvalue weighted by Gasteiger charge is -2.23. The van der Waals surface area contributed by atoms with Crippen molar-refractivity contribution >= 4 is 23.5 Å². The van der Waals surface area contributed by atoms with Gasteiger partial charge in [-0.3, -0.25) is 14.5 Å². The molecular weight excluding hydrogens is 358 g/mol. The van der Waals surface area contributed by atoms with Gasteiger partial charge < -0.3 is 15.4 Å². The highest BCUT2D eigenvalue weighted by Crippen LogP contribution is 2.31. The molecule has 1 atom stereocenters. The molecule has 0 radical (unpaired) electrons. The van der Waals surface area contributed by atoms with Crippen LogP contribution in [0.5, 0.6) is 5.75 Å². The Balaban J connectivity index is 1.77. The summed E-state index contributed by atoms with van der Waals surface area (Å²) in [6, 6.07) is 12.0. The number of carbonyl (C=O) groups is 3. The van der Waals surface area contributed by atoms with Crippen molar-refractivity contribution in [2.75, 3.05) is 19.0 Å². The SMILES string of the molecule is COc1ccc(C2(C)NC(=O)N(CC(=O)Nc3cccc(C)c3)C2=O)cc1C. The third-order valence-corrected chi connectivity index (χ3v) is 4.85. The Hall–Kier alpha value is -3.35. The number of anilines is 1. The third-order valence-electron chi connectivity index (χ3n) is 4.85. The van der Waals surface area contributed by atoms with Gasteiger partial charge in [0.05, 0.1) is 7.11 Å². The third kappa shape index (κ3) is 3.55. The highest BCUT2D eigenvalue weighted by atomic mass is 16.5. The summed E-state index contributed by atoms with van der Waals surface area (Å²) in [6.07, 6.45) is 0. The molecule has 3 rings (SSSR count). The van der Waals surface area contributed by atoms with Gasteiger partial charge in [0.1, 0.15) is 17.8 Å². The fourth-order valence-electron chi connectivity index (χ4n) is 3.29. The van der Waals surface area contributed by atoms with Crippen molar-refractivity contribution in [3.8, 4) is 5.75 Å². The Morgan fingerprint density at radius 1 is 1.18 bits per heavy atom. The molecule has 146 valence electrons. The first-order valence-corrected chi connectivity index (χ1v) is 8.90. The van der Waals surface area contributed by atoms with E-state index < -0.39 is 23.4 Å². The first kappa shape index (κ1) is 19.4.